The van der Waals surface area contributed by atoms with Gasteiger partial charge in [0, 0.05) is 9.13 Å². The fourth-order valence-corrected chi connectivity index (χ4v) is 1.54. The summed E-state index contributed by atoms with van der Waals surface area (Å²) in [6.07, 6.45) is 0. The third-order valence-corrected chi connectivity index (χ3v) is 3.20. The standard InChI is InChI=1S/C7H6ClIO2/c8-5-1-2-6(11)4(3-10)7(5)9/h1-2,10-11H,3H2. The predicted octanol–water partition coefficient (Wildman–Crippen LogP) is 2.14. The minimum absolute atomic E-state index is 0.0845. The molecule has 0 spiro atoms. The second-order valence-corrected chi connectivity index (χ2v) is 3.50. The maximum absolute atomic E-state index is 9.19. The van der Waals surface area contributed by atoms with E-state index >= 15 is 0 Å². The summed E-state index contributed by atoms with van der Waals surface area (Å²) >= 11 is 7.71. The Morgan fingerprint density at radius 1 is 1.45 bits per heavy atom. The number of hydrogen-bond acceptors (Lipinski definition) is 2. The average molecular weight is 284 g/mol. The van der Waals surface area contributed by atoms with Gasteiger partial charge in [-0.25, -0.2) is 0 Å². The molecule has 0 aliphatic rings. The molecule has 2 N–H and O–H groups in total. The van der Waals surface area contributed by atoms with E-state index in [1.165, 1.54) is 6.07 Å². The Balaban J connectivity index is 3.29. The molecule has 0 aliphatic heterocycles. The summed E-state index contributed by atoms with van der Waals surface area (Å²) in [7, 11) is 0. The summed E-state index contributed by atoms with van der Waals surface area (Å²) in [5.74, 6) is 0.0845. The van der Waals surface area contributed by atoms with Gasteiger partial charge in [-0.15, -0.1) is 0 Å². The Morgan fingerprint density at radius 3 is 2.55 bits per heavy atom. The summed E-state index contributed by atoms with van der Waals surface area (Å²) in [6.45, 7) is -0.190. The topological polar surface area (TPSA) is 40.5 Å². The number of halogens is 2. The van der Waals surface area contributed by atoms with Gasteiger partial charge in [0.15, 0.2) is 0 Å². The van der Waals surface area contributed by atoms with Gasteiger partial charge in [0.05, 0.1) is 11.6 Å². The number of hydrogen-bond donors (Lipinski definition) is 2. The van der Waals surface area contributed by atoms with Crippen molar-refractivity contribution in [3.63, 3.8) is 0 Å². The first-order valence-electron chi connectivity index (χ1n) is 2.93. The van der Waals surface area contributed by atoms with Gasteiger partial charge < -0.3 is 10.2 Å². The molecule has 0 saturated heterocycles. The van der Waals surface area contributed by atoms with Crippen LogP contribution in [0.25, 0.3) is 0 Å². The summed E-state index contributed by atoms with van der Waals surface area (Å²) < 4.78 is 0.701. The first-order chi connectivity index (χ1) is 5.16. The van der Waals surface area contributed by atoms with Crippen LogP contribution in [0, 0.1) is 3.57 Å². The van der Waals surface area contributed by atoms with E-state index in [0.29, 0.717) is 14.2 Å². The number of phenols is 1. The Morgan fingerprint density at radius 2 is 2.09 bits per heavy atom. The zero-order chi connectivity index (χ0) is 8.43. The van der Waals surface area contributed by atoms with Crippen LogP contribution in [-0.2, 0) is 6.61 Å². The second kappa shape index (κ2) is 3.60. The Labute approximate surface area is 82.9 Å². The highest BCUT2D eigenvalue weighted by atomic mass is 127. The molecule has 1 rings (SSSR count). The van der Waals surface area contributed by atoms with Crippen molar-refractivity contribution < 1.29 is 10.2 Å². The van der Waals surface area contributed by atoms with Crippen LogP contribution in [0.5, 0.6) is 5.75 Å². The molecule has 0 fully saturated rings. The van der Waals surface area contributed by atoms with Crippen molar-refractivity contribution in [2.45, 2.75) is 6.61 Å². The van der Waals surface area contributed by atoms with Crippen molar-refractivity contribution in [2.75, 3.05) is 0 Å². The van der Waals surface area contributed by atoms with Crippen LogP contribution in [0.15, 0.2) is 12.1 Å². The van der Waals surface area contributed by atoms with Crippen LogP contribution >= 0.6 is 34.2 Å². The van der Waals surface area contributed by atoms with Crippen molar-refractivity contribution in [2.24, 2.45) is 0 Å². The van der Waals surface area contributed by atoms with Gasteiger partial charge in [-0.05, 0) is 34.7 Å². The summed E-state index contributed by atoms with van der Waals surface area (Å²) in [5, 5.41) is 18.5. The van der Waals surface area contributed by atoms with Gasteiger partial charge >= 0.3 is 0 Å². The molecule has 0 amide bonds. The molecule has 0 unspecified atom stereocenters. The summed E-state index contributed by atoms with van der Waals surface area (Å²) in [4.78, 5) is 0. The van der Waals surface area contributed by atoms with Crippen LogP contribution in [0.3, 0.4) is 0 Å². The molecular weight excluding hydrogens is 278 g/mol. The van der Waals surface area contributed by atoms with Crippen molar-refractivity contribution in [3.8, 4) is 5.75 Å². The van der Waals surface area contributed by atoms with E-state index < -0.39 is 0 Å². The van der Waals surface area contributed by atoms with Gasteiger partial charge in [-0.3, -0.25) is 0 Å². The Bertz CT molecular complexity index is 275. The van der Waals surface area contributed by atoms with Gasteiger partial charge in [0.1, 0.15) is 5.75 Å². The third-order valence-electron chi connectivity index (χ3n) is 1.33. The summed E-state index contributed by atoms with van der Waals surface area (Å²) in [5.41, 5.74) is 0.484. The van der Waals surface area contributed by atoms with E-state index in [2.05, 4.69) is 0 Å². The monoisotopic (exact) mass is 284 g/mol. The molecule has 2 nitrogen and oxygen atoms in total. The lowest BCUT2D eigenvalue weighted by Crippen LogP contribution is -1.89. The lowest BCUT2D eigenvalue weighted by molar-refractivity contribution is 0.274. The van der Waals surface area contributed by atoms with E-state index in [1.54, 1.807) is 6.07 Å². The fourth-order valence-electron chi connectivity index (χ4n) is 0.733. The number of aliphatic hydroxyl groups is 1. The van der Waals surface area contributed by atoms with Crippen LogP contribution in [0.2, 0.25) is 5.02 Å². The van der Waals surface area contributed by atoms with Crippen molar-refractivity contribution >= 4 is 34.2 Å². The fraction of sp³-hybridized carbons (Fsp3) is 0.143. The minimum Gasteiger partial charge on any atom is -0.508 e. The molecule has 1 aromatic rings. The lowest BCUT2D eigenvalue weighted by atomic mass is 10.2. The van der Waals surface area contributed by atoms with Crippen molar-refractivity contribution in [3.05, 3.63) is 26.3 Å². The molecule has 0 atom stereocenters. The molecule has 60 valence electrons. The number of aromatic hydroxyl groups is 1. The van der Waals surface area contributed by atoms with Crippen LogP contribution in [0.1, 0.15) is 5.56 Å². The van der Waals surface area contributed by atoms with E-state index in [-0.39, 0.29) is 12.4 Å². The minimum atomic E-state index is -0.190. The predicted molar refractivity (Wildman–Crippen MR) is 51.8 cm³/mol. The highest BCUT2D eigenvalue weighted by Crippen LogP contribution is 2.28. The summed E-state index contributed by atoms with van der Waals surface area (Å²) in [6, 6.07) is 3.06. The Kier molecular flexibility index (Phi) is 2.98. The van der Waals surface area contributed by atoms with Crippen molar-refractivity contribution in [1.29, 1.82) is 0 Å². The maximum atomic E-state index is 9.19. The average Bonchev–Trinajstić information content (AvgIpc) is 1.99. The number of benzene rings is 1. The SMILES string of the molecule is OCc1c(O)ccc(Cl)c1I. The van der Waals surface area contributed by atoms with E-state index in [9.17, 15) is 5.11 Å². The molecule has 4 heteroatoms. The number of aliphatic hydroxyl groups excluding tert-OH is 1. The highest BCUT2D eigenvalue weighted by Gasteiger charge is 2.07. The zero-order valence-electron chi connectivity index (χ0n) is 5.51. The zero-order valence-corrected chi connectivity index (χ0v) is 8.43. The van der Waals surface area contributed by atoms with Crippen LogP contribution in [0.4, 0.5) is 0 Å². The smallest absolute Gasteiger partial charge is 0.122 e. The third kappa shape index (κ3) is 1.77. The molecule has 0 heterocycles. The van der Waals surface area contributed by atoms with Gasteiger partial charge in [-0.1, -0.05) is 11.6 Å². The lowest BCUT2D eigenvalue weighted by Gasteiger charge is -2.04. The highest BCUT2D eigenvalue weighted by molar-refractivity contribution is 14.1. The first-order valence-corrected chi connectivity index (χ1v) is 4.39. The molecule has 1 aromatic carbocycles. The quantitative estimate of drug-likeness (QED) is 0.776. The largest absolute Gasteiger partial charge is 0.508 e. The van der Waals surface area contributed by atoms with Crippen LogP contribution in [-0.4, -0.2) is 10.2 Å². The molecule has 0 bridgehead atoms. The second-order valence-electron chi connectivity index (χ2n) is 2.02. The van der Waals surface area contributed by atoms with Crippen LogP contribution < -0.4 is 0 Å². The normalized spacial score (nSPS) is 10.1. The molecular formula is C7H6ClIO2. The number of rotatable bonds is 1. The molecule has 0 aliphatic carbocycles. The molecule has 0 radical (unpaired) electrons. The molecule has 11 heavy (non-hydrogen) atoms. The van der Waals surface area contributed by atoms with Crippen molar-refractivity contribution in [1.82, 2.24) is 0 Å². The molecule has 0 saturated carbocycles. The first kappa shape index (κ1) is 9.09. The van der Waals surface area contributed by atoms with E-state index in [4.69, 9.17) is 16.7 Å². The van der Waals surface area contributed by atoms with E-state index in [0.717, 1.165) is 0 Å². The molecule has 0 aromatic heterocycles. The maximum Gasteiger partial charge on any atom is 0.122 e. The Hall–Kier alpha value is -0.000000000000000111. The van der Waals surface area contributed by atoms with Gasteiger partial charge in [0.25, 0.3) is 0 Å². The van der Waals surface area contributed by atoms with Gasteiger partial charge in [0.2, 0.25) is 0 Å². The van der Waals surface area contributed by atoms with E-state index in [1.807, 2.05) is 22.6 Å². The van der Waals surface area contributed by atoms with Gasteiger partial charge in [-0.2, -0.15) is 0 Å².